The number of carbonyl (C=O) groups excluding carboxylic acids is 1. The Bertz CT molecular complexity index is 364. The summed E-state index contributed by atoms with van der Waals surface area (Å²) in [6.07, 6.45) is 2.91. The third-order valence-electron chi connectivity index (χ3n) is 2.22. The van der Waals surface area contributed by atoms with Gasteiger partial charge in [-0.1, -0.05) is 11.6 Å². The highest BCUT2D eigenvalue weighted by atomic mass is 35.5. The molecule has 0 saturated carbocycles. The molecule has 1 aromatic rings. The van der Waals surface area contributed by atoms with Crippen molar-refractivity contribution in [2.45, 2.75) is 18.9 Å². The van der Waals surface area contributed by atoms with Gasteiger partial charge in [0.25, 0.3) is 5.91 Å². The van der Waals surface area contributed by atoms with Gasteiger partial charge in [0.1, 0.15) is 6.10 Å². The second-order valence-corrected chi connectivity index (χ2v) is 3.73. The molecule has 15 heavy (non-hydrogen) atoms. The lowest BCUT2D eigenvalue weighted by Crippen LogP contribution is -2.27. The summed E-state index contributed by atoms with van der Waals surface area (Å²) in [6.45, 7) is 0.647. The van der Waals surface area contributed by atoms with E-state index in [0.29, 0.717) is 17.4 Å². The molecule has 1 aromatic heterocycles. The number of carbonyl (C=O) groups is 1. The van der Waals surface area contributed by atoms with Gasteiger partial charge < -0.3 is 10.1 Å². The Kier molecular flexibility index (Phi) is 3.18. The van der Waals surface area contributed by atoms with Crippen molar-refractivity contribution in [1.29, 1.82) is 0 Å². The molecule has 0 unspecified atom stereocenters. The summed E-state index contributed by atoms with van der Waals surface area (Å²) in [5.74, 6) is 0.216. The van der Waals surface area contributed by atoms with Crippen molar-refractivity contribution in [2.75, 3.05) is 11.9 Å². The van der Waals surface area contributed by atoms with Crippen molar-refractivity contribution in [3.05, 3.63) is 23.4 Å². The number of halogens is 1. The quantitative estimate of drug-likeness (QED) is 0.838. The summed E-state index contributed by atoms with van der Waals surface area (Å²) in [5.41, 5.74) is 0. The monoisotopic (exact) mass is 226 g/mol. The molecule has 2 rings (SSSR count). The maximum absolute atomic E-state index is 11.6. The van der Waals surface area contributed by atoms with Gasteiger partial charge in [-0.3, -0.25) is 4.79 Å². The molecule has 0 aromatic carbocycles. The minimum atomic E-state index is -0.358. The fourth-order valence-corrected chi connectivity index (χ4v) is 1.63. The lowest BCUT2D eigenvalue weighted by molar-refractivity contribution is -0.124. The van der Waals surface area contributed by atoms with Crippen molar-refractivity contribution in [2.24, 2.45) is 0 Å². The molecule has 1 amide bonds. The van der Waals surface area contributed by atoms with E-state index in [1.54, 1.807) is 18.3 Å². The smallest absolute Gasteiger partial charge is 0.254 e. The van der Waals surface area contributed by atoms with Crippen LogP contribution in [0.15, 0.2) is 18.3 Å². The van der Waals surface area contributed by atoms with E-state index in [4.69, 9.17) is 16.3 Å². The molecule has 0 radical (unpaired) electrons. The molecule has 4 nitrogen and oxygen atoms in total. The lowest BCUT2D eigenvalue weighted by Gasteiger charge is -2.10. The third kappa shape index (κ3) is 2.46. The summed E-state index contributed by atoms with van der Waals surface area (Å²) in [6, 6.07) is 3.39. The topological polar surface area (TPSA) is 51.2 Å². The maximum Gasteiger partial charge on any atom is 0.254 e. The zero-order valence-corrected chi connectivity index (χ0v) is 8.83. The Morgan fingerprint density at radius 2 is 2.53 bits per heavy atom. The predicted molar refractivity (Wildman–Crippen MR) is 56.9 cm³/mol. The second kappa shape index (κ2) is 4.59. The van der Waals surface area contributed by atoms with Crippen LogP contribution in [0.3, 0.4) is 0 Å². The van der Waals surface area contributed by atoms with Crippen LogP contribution < -0.4 is 5.32 Å². The molecule has 80 valence electrons. The first kappa shape index (κ1) is 10.4. The van der Waals surface area contributed by atoms with E-state index in [0.717, 1.165) is 12.8 Å². The van der Waals surface area contributed by atoms with Gasteiger partial charge in [-0.2, -0.15) is 0 Å². The summed E-state index contributed by atoms with van der Waals surface area (Å²) in [7, 11) is 0. The number of rotatable bonds is 2. The maximum atomic E-state index is 11.6. The van der Waals surface area contributed by atoms with E-state index < -0.39 is 0 Å². The number of anilines is 1. The molecule has 1 aliphatic rings. The number of amides is 1. The normalized spacial score (nSPS) is 20.2. The summed E-state index contributed by atoms with van der Waals surface area (Å²) in [5, 5.41) is 3.08. The predicted octanol–water partition coefficient (Wildman–Crippen LogP) is 1.85. The van der Waals surface area contributed by atoms with E-state index in [2.05, 4.69) is 10.3 Å². The average Bonchev–Trinajstić information content (AvgIpc) is 2.74. The average molecular weight is 227 g/mol. The molecule has 5 heteroatoms. The zero-order valence-electron chi connectivity index (χ0n) is 8.07. The van der Waals surface area contributed by atoms with Gasteiger partial charge in [0.15, 0.2) is 5.82 Å². The van der Waals surface area contributed by atoms with Crippen LogP contribution in [0.2, 0.25) is 5.02 Å². The fraction of sp³-hybridized carbons (Fsp3) is 0.400. The van der Waals surface area contributed by atoms with Crippen molar-refractivity contribution >= 4 is 23.3 Å². The largest absolute Gasteiger partial charge is 0.368 e. The van der Waals surface area contributed by atoms with Gasteiger partial charge in [0, 0.05) is 12.8 Å². The summed E-state index contributed by atoms with van der Waals surface area (Å²) in [4.78, 5) is 15.6. The summed E-state index contributed by atoms with van der Waals surface area (Å²) < 4.78 is 5.24. The molecular weight excluding hydrogens is 216 g/mol. The Morgan fingerprint density at radius 1 is 1.67 bits per heavy atom. The fourth-order valence-electron chi connectivity index (χ4n) is 1.46. The molecule has 1 saturated heterocycles. The highest BCUT2D eigenvalue weighted by Crippen LogP contribution is 2.19. The Morgan fingerprint density at radius 3 is 3.20 bits per heavy atom. The van der Waals surface area contributed by atoms with Gasteiger partial charge in [-0.05, 0) is 25.0 Å². The summed E-state index contributed by atoms with van der Waals surface area (Å²) >= 11 is 5.86. The lowest BCUT2D eigenvalue weighted by atomic mass is 10.2. The van der Waals surface area contributed by atoms with Crippen molar-refractivity contribution in [3.8, 4) is 0 Å². The number of nitrogens with zero attached hydrogens (tertiary/aromatic N) is 1. The van der Waals surface area contributed by atoms with E-state index in [9.17, 15) is 4.79 Å². The van der Waals surface area contributed by atoms with E-state index in [1.165, 1.54) is 0 Å². The van der Waals surface area contributed by atoms with Gasteiger partial charge in [0.2, 0.25) is 0 Å². The number of aromatic nitrogens is 1. The van der Waals surface area contributed by atoms with Crippen LogP contribution in [0.5, 0.6) is 0 Å². The number of hydrogen-bond donors (Lipinski definition) is 1. The Hall–Kier alpha value is -1.13. The number of hydrogen-bond acceptors (Lipinski definition) is 3. The first-order chi connectivity index (χ1) is 7.27. The second-order valence-electron chi connectivity index (χ2n) is 3.32. The molecule has 2 heterocycles. The number of nitrogens with one attached hydrogen (secondary N) is 1. The van der Waals surface area contributed by atoms with Crippen molar-refractivity contribution in [3.63, 3.8) is 0 Å². The SMILES string of the molecule is O=C(Nc1ncccc1Cl)[C@H]1CCCO1. The van der Waals surface area contributed by atoms with Crippen LogP contribution in [-0.4, -0.2) is 23.6 Å². The highest BCUT2D eigenvalue weighted by molar-refractivity contribution is 6.33. The van der Waals surface area contributed by atoms with E-state index >= 15 is 0 Å². The van der Waals surface area contributed by atoms with Crippen LogP contribution in [0, 0.1) is 0 Å². The Balaban J connectivity index is 2.02. The molecule has 1 fully saturated rings. The molecule has 1 N–H and O–H groups in total. The zero-order chi connectivity index (χ0) is 10.7. The van der Waals surface area contributed by atoms with Crippen LogP contribution >= 0.6 is 11.6 Å². The highest BCUT2D eigenvalue weighted by Gasteiger charge is 2.24. The molecule has 0 aliphatic carbocycles. The van der Waals surface area contributed by atoms with Crippen molar-refractivity contribution < 1.29 is 9.53 Å². The van der Waals surface area contributed by atoms with E-state index in [-0.39, 0.29) is 12.0 Å². The van der Waals surface area contributed by atoms with Gasteiger partial charge in [0.05, 0.1) is 5.02 Å². The third-order valence-corrected chi connectivity index (χ3v) is 2.53. The first-order valence-electron chi connectivity index (χ1n) is 4.80. The first-order valence-corrected chi connectivity index (χ1v) is 5.18. The van der Waals surface area contributed by atoms with Gasteiger partial charge in [-0.25, -0.2) is 4.98 Å². The van der Waals surface area contributed by atoms with E-state index in [1.807, 2.05) is 0 Å². The number of ether oxygens (including phenoxy) is 1. The van der Waals surface area contributed by atoms with Crippen molar-refractivity contribution in [1.82, 2.24) is 4.98 Å². The molecule has 1 atom stereocenters. The minimum Gasteiger partial charge on any atom is -0.368 e. The van der Waals surface area contributed by atoms with Gasteiger partial charge >= 0.3 is 0 Å². The number of pyridine rings is 1. The Labute approximate surface area is 92.6 Å². The molecule has 0 spiro atoms. The molecular formula is C10H11ClN2O2. The van der Waals surface area contributed by atoms with Crippen LogP contribution in [0.1, 0.15) is 12.8 Å². The standard InChI is InChI=1S/C10H11ClN2O2/c11-7-3-1-5-12-9(7)13-10(14)8-4-2-6-15-8/h1,3,5,8H,2,4,6H2,(H,12,13,14)/t8-/m1/s1. The van der Waals surface area contributed by atoms with Gasteiger partial charge in [-0.15, -0.1) is 0 Å². The minimum absolute atomic E-state index is 0.173. The van der Waals surface area contributed by atoms with Crippen LogP contribution in [-0.2, 0) is 9.53 Å². The van der Waals surface area contributed by atoms with Crippen LogP contribution in [0.25, 0.3) is 0 Å². The molecule has 0 bridgehead atoms. The van der Waals surface area contributed by atoms with Crippen LogP contribution in [0.4, 0.5) is 5.82 Å². The molecule has 1 aliphatic heterocycles.